The third-order valence-corrected chi connectivity index (χ3v) is 4.79. The number of hydrogen-bond donors (Lipinski definition) is 1. The van der Waals surface area contributed by atoms with Gasteiger partial charge in [0.05, 0.1) is 19.3 Å². The Kier molecular flexibility index (Phi) is 5.78. The van der Waals surface area contributed by atoms with E-state index >= 15 is 0 Å². The van der Waals surface area contributed by atoms with Crippen molar-refractivity contribution in [1.29, 1.82) is 0 Å². The minimum absolute atomic E-state index is 0.248. The number of carbonyl (C=O) groups excluding carboxylic acids is 2. The molecule has 156 valence electrons. The summed E-state index contributed by atoms with van der Waals surface area (Å²) in [7, 11) is 0. The van der Waals surface area contributed by atoms with E-state index in [1.165, 1.54) is 0 Å². The molecule has 0 unspecified atom stereocenters. The molecule has 1 amide bonds. The lowest BCUT2D eigenvalue weighted by atomic mass is 10.1. The van der Waals surface area contributed by atoms with Gasteiger partial charge in [-0.1, -0.05) is 12.1 Å². The third-order valence-electron chi connectivity index (χ3n) is 4.79. The Labute approximate surface area is 173 Å². The minimum Gasteiger partial charge on any atom is -0.492 e. The summed E-state index contributed by atoms with van der Waals surface area (Å²) >= 11 is 0. The lowest BCUT2D eigenvalue weighted by molar-refractivity contribution is -0.148. The van der Waals surface area contributed by atoms with Gasteiger partial charge in [0.25, 0.3) is 0 Å². The van der Waals surface area contributed by atoms with E-state index in [4.69, 9.17) is 9.47 Å². The summed E-state index contributed by atoms with van der Waals surface area (Å²) in [5, 5.41) is 7.61. The first-order valence-electron chi connectivity index (χ1n) is 9.89. The smallest absolute Gasteiger partial charge is 0.315 e. The number of benzene rings is 1. The van der Waals surface area contributed by atoms with Crippen molar-refractivity contribution in [2.24, 2.45) is 0 Å². The van der Waals surface area contributed by atoms with Gasteiger partial charge < -0.3 is 19.7 Å². The van der Waals surface area contributed by atoms with Gasteiger partial charge >= 0.3 is 5.97 Å². The van der Waals surface area contributed by atoms with Crippen molar-refractivity contribution in [3.8, 4) is 16.9 Å². The largest absolute Gasteiger partial charge is 0.492 e. The van der Waals surface area contributed by atoms with Gasteiger partial charge in [-0.25, -0.2) is 9.50 Å². The molecule has 0 saturated carbocycles. The molecule has 0 aliphatic carbocycles. The normalized spacial score (nSPS) is 14.0. The van der Waals surface area contributed by atoms with Crippen molar-refractivity contribution in [2.45, 2.75) is 13.3 Å². The maximum absolute atomic E-state index is 12.6. The molecule has 1 aliphatic heterocycles. The van der Waals surface area contributed by atoms with Gasteiger partial charge in [-0.2, -0.15) is 5.10 Å². The van der Waals surface area contributed by atoms with E-state index < -0.39 is 5.97 Å². The average molecular weight is 409 g/mol. The zero-order valence-electron chi connectivity index (χ0n) is 16.7. The van der Waals surface area contributed by atoms with Gasteiger partial charge in [0, 0.05) is 24.8 Å². The highest BCUT2D eigenvalue weighted by molar-refractivity contribution is 5.94. The highest BCUT2D eigenvalue weighted by Crippen LogP contribution is 2.27. The molecule has 0 atom stereocenters. The molecule has 1 aromatic carbocycles. The van der Waals surface area contributed by atoms with E-state index in [1.807, 2.05) is 36.5 Å². The van der Waals surface area contributed by atoms with E-state index in [1.54, 1.807) is 22.5 Å². The number of nitrogens with one attached hydrogen (secondary N) is 1. The summed E-state index contributed by atoms with van der Waals surface area (Å²) in [5.74, 6) is 0.563. The maximum Gasteiger partial charge on any atom is 0.315 e. The molecular formula is C21H23N5O4. The lowest BCUT2D eigenvalue weighted by Crippen LogP contribution is -2.39. The van der Waals surface area contributed by atoms with Crippen LogP contribution in [0.1, 0.15) is 13.3 Å². The summed E-state index contributed by atoms with van der Waals surface area (Å²) < 4.78 is 12.5. The van der Waals surface area contributed by atoms with Gasteiger partial charge in [0.15, 0.2) is 5.65 Å². The second-order valence-corrected chi connectivity index (χ2v) is 6.80. The quantitative estimate of drug-likeness (QED) is 0.522. The predicted octanol–water partition coefficient (Wildman–Crippen LogP) is 1.98. The molecule has 0 saturated heterocycles. The number of hydrogen-bond acceptors (Lipinski definition) is 7. The Morgan fingerprint density at radius 2 is 2.17 bits per heavy atom. The molecule has 1 N–H and O–H groups in total. The van der Waals surface area contributed by atoms with Crippen LogP contribution in [-0.2, 0) is 14.3 Å². The number of aromatic nitrogens is 3. The van der Waals surface area contributed by atoms with Crippen LogP contribution in [0.5, 0.6) is 5.75 Å². The number of rotatable bonds is 3. The number of anilines is 1. The molecule has 0 radical (unpaired) electrons. The fourth-order valence-corrected chi connectivity index (χ4v) is 3.33. The van der Waals surface area contributed by atoms with E-state index in [-0.39, 0.29) is 18.9 Å². The first-order chi connectivity index (χ1) is 14.6. The number of nitrogens with zero attached hydrogens (tertiary/aromatic N) is 4. The molecule has 2 aromatic heterocycles. The minimum atomic E-state index is -0.524. The van der Waals surface area contributed by atoms with Crippen molar-refractivity contribution < 1.29 is 19.1 Å². The number of fused-ring (bicyclic) bond motifs is 4. The molecule has 4 rings (SSSR count). The van der Waals surface area contributed by atoms with Gasteiger partial charge in [0.1, 0.15) is 24.6 Å². The molecule has 9 nitrogen and oxygen atoms in total. The van der Waals surface area contributed by atoms with Crippen molar-refractivity contribution in [3.05, 3.63) is 42.7 Å². The van der Waals surface area contributed by atoms with E-state index in [2.05, 4.69) is 15.4 Å². The molecule has 0 spiro atoms. The fourth-order valence-electron chi connectivity index (χ4n) is 3.33. The number of carbonyl (C=O) groups is 2. The Hall–Kier alpha value is -3.62. The Morgan fingerprint density at radius 3 is 3.03 bits per heavy atom. The van der Waals surface area contributed by atoms with Crippen LogP contribution < -0.4 is 10.1 Å². The van der Waals surface area contributed by atoms with Crippen molar-refractivity contribution in [3.63, 3.8) is 0 Å². The molecule has 3 aromatic rings. The van der Waals surface area contributed by atoms with Crippen LogP contribution in [0, 0.1) is 0 Å². The zero-order chi connectivity index (χ0) is 20.9. The number of esters is 1. The lowest BCUT2D eigenvalue weighted by Gasteiger charge is -2.23. The van der Waals surface area contributed by atoms with Crippen molar-refractivity contribution in [1.82, 2.24) is 19.5 Å². The molecular weight excluding hydrogens is 386 g/mol. The van der Waals surface area contributed by atoms with Crippen LogP contribution in [0.4, 0.5) is 5.82 Å². The van der Waals surface area contributed by atoms with Crippen LogP contribution in [0.3, 0.4) is 0 Å². The van der Waals surface area contributed by atoms with E-state index in [9.17, 15) is 9.59 Å². The SMILES string of the molecule is CCOC(=O)CC(=O)N1CCNc2ccn3ncc(c3n2)-c2cccc(c2)OCC1. The van der Waals surface area contributed by atoms with Crippen molar-refractivity contribution in [2.75, 3.05) is 38.2 Å². The number of amides is 1. The van der Waals surface area contributed by atoms with Crippen LogP contribution >= 0.6 is 0 Å². The molecule has 4 bridgehead atoms. The van der Waals surface area contributed by atoms with Crippen LogP contribution in [-0.4, -0.2) is 64.2 Å². The monoisotopic (exact) mass is 409 g/mol. The van der Waals surface area contributed by atoms with Gasteiger partial charge in [-0.3, -0.25) is 9.59 Å². The van der Waals surface area contributed by atoms with E-state index in [0.717, 1.165) is 16.8 Å². The first-order valence-corrected chi connectivity index (χ1v) is 9.89. The van der Waals surface area contributed by atoms with Crippen LogP contribution in [0.15, 0.2) is 42.7 Å². The Bertz CT molecular complexity index is 1060. The van der Waals surface area contributed by atoms with Crippen molar-refractivity contribution >= 4 is 23.3 Å². The second-order valence-electron chi connectivity index (χ2n) is 6.80. The second kappa shape index (κ2) is 8.81. The maximum atomic E-state index is 12.6. The molecule has 1 aliphatic rings. The molecule has 0 fully saturated rings. The summed E-state index contributed by atoms with van der Waals surface area (Å²) in [5.41, 5.74) is 2.58. The van der Waals surface area contributed by atoms with Gasteiger partial charge in [-0.15, -0.1) is 0 Å². The highest BCUT2D eigenvalue weighted by Gasteiger charge is 2.19. The molecule has 9 heteroatoms. The third kappa shape index (κ3) is 4.35. The number of ether oxygens (including phenoxy) is 2. The molecule has 30 heavy (non-hydrogen) atoms. The summed E-state index contributed by atoms with van der Waals surface area (Å²) in [6, 6.07) is 9.51. The van der Waals surface area contributed by atoms with Gasteiger partial charge in [-0.05, 0) is 30.7 Å². The van der Waals surface area contributed by atoms with E-state index in [0.29, 0.717) is 37.8 Å². The fraction of sp³-hybridized carbons (Fsp3) is 0.333. The summed E-state index contributed by atoms with van der Waals surface area (Å²) in [6.07, 6.45) is 3.34. The molecule has 3 heterocycles. The van der Waals surface area contributed by atoms with Gasteiger partial charge in [0.2, 0.25) is 5.91 Å². The standard InChI is InChI=1S/C21H23N5O4/c1-2-29-20(28)13-19(27)25-9-7-22-18-6-8-26-21(24-18)17(14-23-26)15-4-3-5-16(12-15)30-11-10-25/h3-6,8,12,14H,2,7,9-11,13H2,1H3,(H,22,24). The summed E-state index contributed by atoms with van der Waals surface area (Å²) in [4.78, 5) is 30.6. The Balaban J connectivity index is 1.60. The topological polar surface area (TPSA) is 98.1 Å². The summed E-state index contributed by atoms with van der Waals surface area (Å²) in [6.45, 7) is 3.51. The average Bonchev–Trinajstić information content (AvgIpc) is 3.16. The predicted molar refractivity (Wildman–Crippen MR) is 110 cm³/mol. The first kappa shape index (κ1) is 19.7. The highest BCUT2D eigenvalue weighted by atomic mass is 16.5. The Morgan fingerprint density at radius 1 is 1.27 bits per heavy atom. The van der Waals surface area contributed by atoms with Crippen LogP contribution in [0.25, 0.3) is 16.8 Å². The zero-order valence-corrected chi connectivity index (χ0v) is 16.7. The van der Waals surface area contributed by atoms with Crippen LogP contribution in [0.2, 0.25) is 0 Å².